The van der Waals surface area contributed by atoms with Gasteiger partial charge in [-0.3, -0.25) is 9.59 Å². The lowest BCUT2D eigenvalue weighted by Crippen LogP contribution is -1.99. The first-order valence-corrected chi connectivity index (χ1v) is 11.3. The maximum absolute atomic E-state index is 10.6. The molecule has 0 bridgehead atoms. The standard InChI is InChI=1S/2C15H14O3/c2*1-18-14-8-6-13(7-9-14)12-4-2-11(3-5-12)10-15(16)17/h2*2-9H,10H2,1H3,(H,16,17). The molecule has 2 N–H and O–H groups in total. The van der Waals surface area contributed by atoms with Crippen LogP contribution in [0.15, 0.2) is 97.1 Å². The molecule has 0 aromatic heterocycles. The number of hydrogen-bond donors (Lipinski definition) is 2. The van der Waals surface area contributed by atoms with Crippen LogP contribution in [-0.4, -0.2) is 36.4 Å². The summed E-state index contributed by atoms with van der Waals surface area (Å²) >= 11 is 0. The lowest BCUT2D eigenvalue weighted by atomic mass is 10.0. The molecule has 0 atom stereocenters. The topological polar surface area (TPSA) is 93.1 Å². The van der Waals surface area contributed by atoms with Crippen molar-refractivity contribution in [3.8, 4) is 33.8 Å². The highest BCUT2D eigenvalue weighted by Crippen LogP contribution is 2.24. The summed E-state index contributed by atoms with van der Waals surface area (Å²) in [6, 6.07) is 30.6. The Morgan fingerprint density at radius 2 is 0.750 bits per heavy atom. The zero-order valence-electron chi connectivity index (χ0n) is 20.2. The van der Waals surface area contributed by atoms with Crippen LogP contribution in [0.5, 0.6) is 11.5 Å². The van der Waals surface area contributed by atoms with Gasteiger partial charge >= 0.3 is 11.9 Å². The van der Waals surface area contributed by atoms with Gasteiger partial charge in [-0.05, 0) is 57.6 Å². The Bertz CT molecular complexity index is 1160. The molecule has 0 unspecified atom stereocenters. The highest BCUT2D eigenvalue weighted by Gasteiger charge is 2.03. The van der Waals surface area contributed by atoms with E-state index >= 15 is 0 Å². The minimum absolute atomic E-state index is 0.0584. The molecule has 0 aliphatic rings. The average molecular weight is 485 g/mol. The van der Waals surface area contributed by atoms with Gasteiger partial charge < -0.3 is 19.7 Å². The molecule has 4 aromatic carbocycles. The van der Waals surface area contributed by atoms with Crippen molar-refractivity contribution >= 4 is 11.9 Å². The molecule has 0 amide bonds. The van der Waals surface area contributed by atoms with Gasteiger partial charge in [0.15, 0.2) is 0 Å². The van der Waals surface area contributed by atoms with Gasteiger partial charge in [-0.25, -0.2) is 0 Å². The van der Waals surface area contributed by atoms with E-state index in [2.05, 4.69) is 0 Å². The van der Waals surface area contributed by atoms with Gasteiger partial charge in [-0.2, -0.15) is 0 Å². The van der Waals surface area contributed by atoms with Crippen molar-refractivity contribution in [2.75, 3.05) is 14.2 Å². The van der Waals surface area contributed by atoms with Gasteiger partial charge in [0.1, 0.15) is 11.5 Å². The Morgan fingerprint density at radius 1 is 0.500 bits per heavy atom. The van der Waals surface area contributed by atoms with Crippen molar-refractivity contribution in [1.82, 2.24) is 0 Å². The number of carbonyl (C=O) groups is 2. The second-order valence-corrected chi connectivity index (χ2v) is 7.99. The third-order valence-corrected chi connectivity index (χ3v) is 5.47. The maximum atomic E-state index is 10.6. The Hall–Kier alpha value is -4.58. The molecule has 0 aliphatic heterocycles. The molecular formula is C30H28O6. The summed E-state index contributed by atoms with van der Waals surface area (Å²) in [5.41, 5.74) is 5.90. The Balaban J connectivity index is 0.000000201. The van der Waals surface area contributed by atoms with Gasteiger partial charge in [0.25, 0.3) is 0 Å². The molecule has 0 radical (unpaired) electrons. The fraction of sp³-hybridized carbons (Fsp3) is 0.133. The van der Waals surface area contributed by atoms with Gasteiger partial charge in [0.2, 0.25) is 0 Å². The van der Waals surface area contributed by atoms with Crippen LogP contribution >= 0.6 is 0 Å². The third-order valence-electron chi connectivity index (χ3n) is 5.47. The average Bonchev–Trinajstić information content (AvgIpc) is 2.89. The predicted octanol–water partition coefficient (Wildman–Crippen LogP) is 5.98. The minimum atomic E-state index is -0.813. The van der Waals surface area contributed by atoms with E-state index in [1.165, 1.54) is 0 Å². The number of carboxylic acids is 2. The number of benzene rings is 4. The number of aliphatic carboxylic acids is 2. The Morgan fingerprint density at radius 3 is 0.972 bits per heavy atom. The van der Waals surface area contributed by atoms with Crippen molar-refractivity contribution in [2.45, 2.75) is 12.8 Å². The largest absolute Gasteiger partial charge is 0.497 e. The quantitative estimate of drug-likeness (QED) is 0.320. The minimum Gasteiger partial charge on any atom is -0.497 e. The molecule has 4 rings (SSSR count). The van der Waals surface area contributed by atoms with E-state index in [0.717, 1.165) is 44.9 Å². The van der Waals surface area contributed by atoms with E-state index < -0.39 is 11.9 Å². The van der Waals surface area contributed by atoms with Crippen molar-refractivity contribution in [2.24, 2.45) is 0 Å². The van der Waals surface area contributed by atoms with E-state index in [9.17, 15) is 9.59 Å². The van der Waals surface area contributed by atoms with Crippen LogP contribution in [-0.2, 0) is 22.4 Å². The molecule has 6 nitrogen and oxygen atoms in total. The summed E-state index contributed by atoms with van der Waals surface area (Å²) < 4.78 is 10.2. The smallest absolute Gasteiger partial charge is 0.307 e. The van der Waals surface area contributed by atoms with Crippen molar-refractivity contribution in [3.63, 3.8) is 0 Å². The first-order valence-electron chi connectivity index (χ1n) is 11.3. The van der Waals surface area contributed by atoms with Crippen LogP contribution < -0.4 is 9.47 Å². The highest BCUT2D eigenvalue weighted by molar-refractivity contribution is 5.72. The number of ether oxygens (including phenoxy) is 2. The summed E-state index contributed by atoms with van der Waals surface area (Å²) in [5.74, 6) is 0.0156. The molecule has 0 aliphatic carbocycles. The van der Waals surface area contributed by atoms with E-state index in [0.29, 0.717) is 0 Å². The zero-order chi connectivity index (χ0) is 25.9. The fourth-order valence-corrected chi connectivity index (χ4v) is 3.55. The van der Waals surface area contributed by atoms with Crippen molar-refractivity contribution in [1.29, 1.82) is 0 Å². The molecule has 6 heteroatoms. The molecule has 4 aromatic rings. The molecule has 0 saturated carbocycles. The van der Waals surface area contributed by atoms with Crippen LogP contribution in [0.4, 0.5) is 0 Å². The van der Waals surface area contributed by atoms with Gasteiger partial charge in [0, 0.05) is 0 Å². The summed E-state index contributed by atoms with van der Waals surface area (Å²) in [4.78, 5) is 21.2. The monoisotopic (exact) mass is 484 g/mol. The number of methoxy groups -OCH3 is 2. The molecule has 36 heavy (non-hydrogen) atoms. The molecule has 0 heterocycles. The maximum Gasteiger partial charge on any atom is 0.307 e. The normalized spacial score (nSPS) is 10.1. The lowest BCUT2D eigenvalue weighted by molar-refractivity contribution is -0.137. The molecule has 0 spiro atoms. The predicted molar refractivity (Wildman–Crippen MR) is 140 cm³/mol. The van der Waals surface area contributed by atoms with Crippen molar-refractivity contribution in [3.05, 3.63) is 108 Å². The highest BCUT2D eigenvalue weighted by atomic mass is 16.5. The van der Waals surface area contributed by atoms with Crippen LogP contribution in [0.1, 0.15) is 11.1 Å². The second kappa shape index (κ2) is 12.8. The Kier molecular flexibility index (Phi) is 9.23. The van der Waals surface area contributed by atoms with Crippen LogP contribution in [0, 0.1) is 0 Å². The molecule has 0 saturated heterocycles. The SMILES string of the molecule is COc1ccc(-c2ccc(CC(=O)O)cc2)cc1.COc1ccc(-c2ccc(CC(=O)O)cc2)cc1. The molecule has 184 valence electrons. The van der Waals surface area contributed by atoms with E-state index in [1.54, 1.807) is 14.2 Å². The second-order valence-electron chi connectivity index (χ2n) is 7.99. The van der Waals surface area contributed by atoms with Gasteiger partial charge in [-0.1, -0.05) is 72.8 Å². The fourth-order valence-electron chi connectivity index (χ4n) is 3.55. The Labute approximate surface area is 210 Å². The van der Waals surface area contributed by atoms with E-state index in [1.807, 2.05) is 97.1 Å². The van der Waals surface area contributed by atoms with E-state index in [-0.39, 0.29) is 12.8 Å². The van der Waals surface area contributed by atoms with Crippen LogP contribution in [0.2, 0.25) is 0 Å². The third kappa shape index (κ3) is 7.74. The zero-order valence-corrected chi connectivity index (χ0v) is 20.2. The van der Waals surface area contributed by atoms with E-state index in [4.69, 9.17) is 19.7 Å². The summed E-state index contributed by atoms with van der Waals surface area (Å²) in [6.45, 7) is 0. The number of carboxylic acid groups (broad SMARTS) is 2. The first kappa shape index (κ1) is 26.0. The summed E-state index contributed by atoms with van der Waals surface area (Å²) in [6.07, 6.45) is 0.117. The number of hydrogen-bond acceptors (Lipinski definition) is 4. The molecule has 0 fully saturated rings. The van der Waals surface area contributed by atoms with Gasteiger partial charge in [0.05, 0.1) is 27.1 Å². The van der Waals surface area contributed by atoms with Crippen LogP contribution in [0.3, 0.4) is 0 Å². The molecular weight excluding hydrogens is 456 g/mol. The lowest BCUT2D eigenvalue weighted by Gasteiger charge is -2.04. The number of rotatable bonds is 8. The van der Waals surface area contributed by atoms with Crippen LogP contribution in [0.25, 0.3) is 22.3 Å². The summed E-state index contributed by atoms with van der Waals surface area (Å²) in [7, 11) is 3.27. The first-order chi connectivity index (χ1) is 17.4. The van der Waals surface area contributed by atoms with Gasteiger partial charge in [-0.15, -0.1) is 0 Å². The van der Waals surface area contributed by atoms with Crippen molar-refractivity contribution < 1.29 is 29.3 Å². The summed E-state index contributed by atoms with van der Waals surface area (Å²) in [5, 5.41) is 17.4.